The fourth-order valence-corrected chi connectivity index (χ4v) is 8.05. The average molecular weight is 448 g/mol. The molecule has 1 aromatic rings. The maximum atomic E-state index is 12.8. The number of amides is 1. The normalized spacial score (nSPS) is 31.9. The molecular formula is C23H33N3O4S. The fourth-order valence-electron chi connectivity index (χ4n) is 6.23. The van der Waals surface area contributed by atoms with Crippen LogP contribution in [0.4, 0.5) is 0 Å². The number of rotatable bonds is 6. The quantitative estimate of drug-likeness (QED) is 0.725. The molecule has 1 spiro atoms. The second kappa shape index (κ2) is 8.05. The van der Waals surface area contributed by atoms with E-state index in [0.29, 0.717) is 44.5 Å². The number of hydrogen-bond acceptors (Lipinski definition) is 4. The number of carbonyl (C=O) groups excluding carboxylic acids is 1. The van der Waals surface area contributed by atoms with Gasteiger partial charge >= 0.3 is 0 Å². The van der Waals surface area contributed by atoms with Gasteiger partial charge in [0.25, 0.3) is 10.2 Å². The molecule has 1 aromatic carbocycles. The van der Waals surface area contributed by atoms with Crippen LogP contribution in [0.2, 0.25) is 0 Å². The van der Waals surface area contributed by atoms with E-state index in [4.69, 9.17) is 4.74 Å². The predicted octanol–water partition coefficient (Wildman–Crippen LogP) is 2.11. The summed E-state index contributed by atoms with van der Waals surface area (Å²) in [6.07, 6.45) is 6.37. The lowest BCUT2D eigenvalue weighted by Crippen LogP contribution is -2.52. The van der Waals surface area contributed by atoms with Crippen molar-refractivity contribution in [1.29, 1.82) is 0 Å². The van der Waals surface area contributed by atoms with Gasteiger partial charge in [0.15, 0.2) is 0 Å². The van der Waals surface area contributed by atoms with Crippen LogP contribution in [0, 0.1) is 11.8 Å². The van der Waals surface area contributed by atoms with E-state index in [2.05, 4.69) is 16.9 Å². The van der Waals surface area contributed by atoms with E-state index in [-0.39, 0.29) is 11.4 Å². The van der Waals surface area contributed by atoms with E-state index >= 15 is 0 Å². The van der Waals surface area contributed by atoms with Crippen molar-refractivity contribution in [3.63, 3.8) is 0 Å². The second-order valence-corrected chi connectivity index (χ2v) is 11.3. The third-order valence-electron chi connectivity index (χ3n) is 7.80. The maximum absolute atomic E-state index is 12.8. The first kappa shape index (κ1) is 21.2. The topological polar surface area (TPSA) is 79.0 Å². The zero-order valence-corrected chi connectivity index (χ0v) is 19.1. The van der Waals surface area contributed by atoms with E-state index in [1.165, 1.54) is 11.1 Å². The maximum Gasteiger partial charge on any atom is 0.280 e. The molecular weight excluding hydrogens is 414 g/mol. The summed E-state index contributed by atoms with van der Waals surface area (Å²) in [7, 11) is -3.39. The standard InChI is InChI=1S/C23H33N3O4S/c1-2-9-26-16-23(24-31(26,28)29)19-6-7-20(23)14-18-15-21(8-5-17(18)13-19)30-12-11-25-10-3-4-22(25)27/h5,8,15,19-20,24H,2-4,6-7,9-14,16H2,1H3/t19-,20+,23-/m1/s1. The number of hydrogen-bond donors (Lipinski definition) is 1. The number of ether oxygens (including phenoxy) is 1. The van der Waals surface area contributed by atoms with Crippen LogP contribution in [0.3, 0.4) is 0 Å². The van der Waals surface area contributed by atoms with Gasteiger partial charge in [0.05, 0.1) is 12.1 Å². The average Bonchev–Trinajstić information content (AvgIpc) is 3.31. The summed E-state index contributed by atoms with van der Waals surface area (Å²) >= 11 is 0. The van der Waals surface area contributed by atoms with E-state index in [9.17, 15) is 13.2 Å². The van der Waals surface area contributed by atoms with E-state index in [1.54, 1.807) is 4.31 Å². The van der Waals surface area contributed by atoms with Crippen molar-refractivity contribution in [3.8, 4) is 5.75 Å². The van der Waals surface area contributed by atoms with Crippen LogP contribution < -0.4 is 9.46 Å². The van der Waals surface area contributed by atoms with Gasteiger partial charge in [0.2, 0.25) is 5.91 Å². The number of likely N-dealkylation sites (tertiary alicyclic amines) is 1. The summed E-state index contributed by atoms with van der Waals surface area (Å²) < 4.78 is 36.4. The van der Waals surface area contributed by atoms with Gasteiger partial charge < -0.3 is 9.64 Å². The summed E-state index contributed by atoms with van der Waals surface area (Å²) in [5.41, 5.74) is 2.26. The van der Waals surface area contributed by atoms with Crippen LogP contribution in [0.5, 0.6) is 5.75 Å². The molecule has 5 rings (SSSR count). The molecule has 8 heteroatoms. The van der Waals surface area contributed by atoms with E-state index in [0.717, 1.165) is 50.8 Å². The number of benzene rings is 1. The van der Waals surface area contributed by atoms with Crippen molar-refractivity contribution < 1.29 is 17.9 Å². The van der Waals surface area contributed by atoms with E-state index in [1.807, 2.05) is 17.9 Å². The summed E-state index contributed by atoms with van der Waals surface area (Å²) in [4.78, 5) is 13.6. The summed E-state index contributed by atoms with van der Waals surface area (Å²) in [5, 5.41) is 0. The molecule has 170 valence electrons. The molecule has 2 aliphatic heterocycles. The van der Waals surface area contributed by atoms with Crippen molar-refractivity contribution in [2.75, 3.05) is 32.8 Å². The fraction of sp³-hybridized carbons (Fsp3) is 0.696. The highest BCUT2D eigenvalue weighted by Gasteiger charge is 2.59. The number of nitrogens with zero attached hydrogens (tertiary/aromatic N) is 2. The molecule has 1 N–H and O–H groups in total. The predicted molar refractivity (Wildman–Crippen MR) is 118 cm³/mol. The van der Waals surface area contributed by atoms with Crippen LogP contribution in [-0.2, 0) is 27.8 Å². The van der Waals surface area contributed by atoms with Gasteiger partial charge in [-0.3, -0.25) is 4.79 Å². The van der Waals surface area contributed by atoms with Crippen LogP contribution in [0.1, 0.15) is 50.2 Å². The summed E-state index contributed by atoms with van der Waals surface area (Å²) in [6.45, 7) is 5.19. The van der Waals surface area contributed by atoms with Crippen molar-refractivity contribution in [3.05, 3.63) is 29.3 Å². The third kappa shape index (κ3) is 3.76. The minimum atomic E-state index is -3.39. The molecule has 2 bridgehead atoms. The largest absolute Gasteiger partial charge is 0.492 e. The summed E-state index contributed by atoms with van der Waals surface area (Å²) in [6, 6.07) is 6.33. The lowest BCUT2D eigenvalue weighted by atomic mass is 9.79. The minimum absolute atomic E-state index is 0.225. The van der Waals surface area contributed by atoms with Gasteiger partial charge in [-0.2, -0.15) is 17.4 Å². The Labute approximate surface area is 185 Å². The lowest BCUT2D eigenvalue weighted by Gasteiger charge is -2.33. The van der Waals surface area contributed by atoms with Crippen molar-refractivity contribution in [2.24, 2.45) is 11.8 Å². The number of fused-ring (bicyclic) bond motifs is 1. The van der Waals surface area contributed by atoms with Crippen LogP contribution >= 0.6 is 0 Å². The van der Waals surface area contributed by atoms with Gasteiger partial charge in [-0.15, -0.1) is 0 Å². The first-order valence-corrected chi connectivity index (χ1v) is 13.2. The molecule has 4 aliphatic rings. The van der Waals surface area contributed by atoms with Crippen molar-refractivity contribution in [1.82, 2.24) is 13.9 Å². The third-order valence-corrected chi connectivity index (χ3v) is 9.43. The smallest absolute Gasteiger partial charge is 0.280 e. The van der Waals surface area contributed by atoms with Gasteiger partial charge in [-0.1, -0.05) is 13.0 Å². The van der Waals surface area contributed by atoms with Crippen LogP contribution in [0.15, 0.2) is 18.2 Å². The Balaban J connectivity index is 1.31. The van der Waals surface area contributed by atoms with E-state index < -0.39 is 10.2 Å². The minimum Gasteiger partial charge on any atom is -0.492 e. The van der Waals surface area contributed by atoms with Crippen molar-refractivity contribution in [2.45, 2.75) is 57.4 Å². The number of carbonyl (C=O) groups is 1. The second-order valence-electron chi connectivity index (χ2n) is 9.62. The van der Waals surface area contributed by atoms with Crippen LogP contribution in [-0.4, -0.2) is 61.9 Å². The molecule has 3 fully saturated rings. The molecule has 2 heterocycles. The van der Waals surface area contributed by atoms with Gasteiger partial charge in [-0.05, 0) is 73.6 Å². The Bertz CT molecular complexity index is 966. The monoisotopic (exact) mass is 447 g/mol. The highest BCUT2D eigenvalue weighted by Crippen LogP contribution is 2.50. The highest BCUT2D eigenvalue weighted by molar-refractivity contribution is 7.87. The molecule has 2 aliphatic carbocycles. The molecule has 2 saturated heterocycles. The Morgan fingerprint density at radius 2 is 1.94 bits per heavy atom. The first-order chi connectivity index (χ1) is 14.9. The zero-order valence-electron chi connectivity index (χ0n) is 18.3. The van der Waals surface area contributed by atoms with Gasteiger partial charge in [0.1, 0.15) is 12.4 Å². The molecule has 1 saturated carbocycles. The molecule has 1 amide bonds. The first-order valence-electron chi connectivity index (χ1n) is 11.7. The number of nitrogens with one attached hydrogen (secondary N) is 1. The van der Waals surface area contributed by atoms with Gasteiger partial charge in [0, 0.05) is 26.1 Å². The highest BCUT2D eigenvalue weighted by atomic mass is 32.2. The molecule has 0 radical (unpaired) electrons. The Morgan fingerprint density at radius 3 is 2.65 bits per heavy atom. The molecule has 31 heavy (non-hydrogen) atoms. The SMILES string of the molecule is CCCN1C[C@@]2(NS1(=O)=O)[C@@H]1CC[C@H]2Cc2cc(OCCN3CCCC3=O)ccc2C1. The molecule has 7 nitrogen and oxygen atoms in total. The Morgan fingerprint density at radius 1 is 1.16 bits per heavy atom. The zero-order chi connectivity index (χ0) is 21.6. The Hall–Kier alpha value is -1.64. The molecule has 3 atom stereocenters. The lowest BCUT2D eigenvalue weighted by molar-refractivity contribution is -0.128. The van der Waals surface area contributed by atoms with Crippen molar-refractivity contribution >= 4 is 16.1 Å². The Kier molecular flexibility index (Phi) is 5.51. The molecule has 0 aromatic heterocycles. The van der Waals surface area contributed by atoms with Gasteiger partial charge in [-0.25, -0.2) is 0 Å². The van der Waals surface area contributed by atoms with Crippen LogP contribution in [0.25, 0.3) is 0 Å². The summed E-state index contributed by atoms with van der Waals surface area (Å²) in [5.74, 6) is 1.72. The molecule has 0 unspecified atom stereocenters.